The summed E-state index contributed by atoms with van der Waals surface area (Å²) in [5.74, 6) is -26.7. The summed E-state index contributed by atoms with van der Waals surface area (Å²) in [5.41, 5.74) is 5.68. The highest BCUT2D eigenvalue weighted by Crippen LogP contribution is 2.26. The Hall–Kier alpha value is -8.59. The third kappa shape index (κ3) is 24.1. The Labute approximate surface area is 520 Å². The van der Waals surface area contributed by atoms with Crippen molar-refractivity contribution in [1.29, 1.82) is 0 Å². The van der Waals surface area contributed by atoms with Crippen LogP contribution in [-0.2, 0) is 71.9 Å². The highest BCUT2D eigenvalue weighted by molar-refractivity contribution is 6.02. The summed E-state index contributed by atoms with van der Waals surface area (Å²) in [6, 6.07) is -19.2. The molecule has 2 rings (SSSR count). The summed E-state index contributed by atoms with van der Waals surface area (Å²) in [6.07, 6.45) is 3.81. The number of amides is 11. The van der Waals surface area contributed by atoms with Crippen molar-refractivity contribution in [2.24, 2.45) is 41.2 Å². The van der Waals surface area contributed by atoms with Gasteiger partial charge in [-0.25, -0.2) is 4.79 Å². The topological polar surface area (TPSA) is 527 Å². The molecule has 2 aliphatic rings. The van der Waals surface area contributed by atoms with Gasteiger partial charge in [0.05, 0.1) is 30.8 Å². The van der Waals surface area contributed by atoms with Crippen molar-refractivity contribution in [3.8, 4) is 0 Å². The average molecular weight is 1280 g/mol. The molecule has 18 N–H and O–H groups in total. The number of aliphatic hydroxyl groups is 2. The molecule has 0 aromatic carbocycles. The molecule has 90 heavy (non-hydrogen) atoms. The van der Waals surface area contributed by atoms with Gasteiger partial charge in [-0.05, 0) is 83.6 Å². The van der Waals surface area contributed by atoms with Gasteiger partial charge in [0.15, 0.2) is 6.10 Å². The van der Waals surface area contributed by atoms with Gasteiger partial charge in [-0.2, -0.15) is 0 Å². The normalized spacial score (nSPS) is 26.2. The number of hydrogen-bond acceptors (Lipinski definition) is 18. The fourth-order valence-electron chi connectivity index (χ4n) is 9.44. The molecule has 0 saturated carbocycles. The summed E-state index contributed by atoms with van der Waals surface area (Å²) in [5, 5.41) is 83.3. The van der Waals surface area contributed by atoms with Crippen LogP contribution < -0.4 is 58.9 Å². The summed E-state index contributed by atoms with van der Waals surface area (Å²) < 4.78 is 0. The highest BCUT2D eigenvalue weighted by Gasteiger charge is 2.46. The van der Waals surface area contributed by atoms with Crippen molar-refractivity contribution in [1.82, 2.24) is 58.1 Å². The number of carbonyl (C=O) groups is 15. The Morgan fingerprint density at radius 3 is 1.86 bits per heavy atom. The first-order chi connectivity index (χ1) is 42.1. The summed E-state index contributed by atoms with van der Waals surface area (Å²) in [6.45, 7) is 11.1. The van der Waals surface area contributed by atoms with Gasteiger partial charge in [-0.3, -0.25) is 67.1 Å². The number of nitrogens with one attached hydrogen (secondary N) is 10. The molecule has 0 aliphatic carbocycles. The van der Waals surface area contributed by atoms with Gasteiger partial charge in [0, 0.05) is 25.1 Å². The minimum atomic E-state index is -2.87. The van der Waals surface area contributed by atoms with E-state index < -0.39 is 205 Å². The Kier molecular flexibility index (Phi) is 32.2. The van der Waals surface area contributed by atoms with Gasteiger partial charge >= 0.3 is 23.9 Å². The van der Waals surface area contributed by atoms with Crippen LogP contribution in [0.1, 0.15) is 114 Å². The average Bonchev–Trinajstić information content (AvgIpc) is 2.41. The van der Waals surface area contributed by atoms with Gasteiger partial charge in [-0.15, -0.1) is 0 Å². The van der Waals surface area contributed by atoms with Crippen LogP contribution in [0.4, 0.5) is 0 Å². The van der Waals surface area contributed by atoms with Crippen molar-refractivity contribution >= 4 is 88.9 Å². The molecular formula is C57H90N12O21. The van der Waals surface area contributed by atoms with Crippen molar-refractivity contribution in [3.63, 3.8) is 0 Å². The maximum Gasteiger partial charge on any atom is 0.335 e. The number of aliphatic hydroxyl groups excluding tert-OH is 2. The van der Waals surface area contributed by atoms with E-state index in [-0.39, 0.29) is 38.8 Å². The van der Waals surface area contributed by atoms with E-state index in [1.54, 1.807) is 19.1 Å². The smallest absolute Gasteiger partial charge is 0.335 e. The number of allylic oxidation sites excluding steroid dienone is 3. The van der Waals surface area contributed by atoms with E-state index in [4.69, 9.17) is 5.73 Å². The van der Waals surface area contributed by atoms with E-state index in [0.717, 1.165) is 37.7 Å². The van der Waals surface area contributed by atoms with Crippen LogP contribution in [0.25, 0.3) is 0 Å². The molecule has 0 radical (unpaired) electrons. The number of nitrogens with two attached hydrogens (primary N) is 1. The number of carbonyl (C=O) groups excluding carboxylic acids is 11. The van der Waals surface area contributed by atoms with Gasteiger partial charge in [0.2, 0.25) is 65.0 Å². The molecule has 33 heteroatoms. The van der Waals surface area contributed by atoms with Crippen LogP contribution >= 0.6 is 0 Å². The van der Waals surface area contributed by atoms with E-state index >= 15 is 0 Å². The third-order valence-electron chi connectivity index (χ3n) is 15.4. The zero-order valence-electron chi connectivity index (χ0n) is 51.9. The Morgan fingerprint density at radius 2 is 1.29 bits per heavy atom. The summed E-state index contributed by atoms with van der Waals surface area (Å²) in [7, 11) is 0. The second kappa shape index (κ2) is 37.4. The predicted octanol–water partition coefficient (Wildman–Crippen LogP) is -4.55. The molecular weight excluding hydrogens is 1190 g/mol. The van der Waals surface area contributed by atoms with Gasteiger partial charge in [-0.1, -0.05) is 66.2 Å². The molecule has 16 atom stereocenters. The standard InChI is InChI=1S/C57H90N12O21/c1-10-27(4)17-13-11-12-14-19-36(71)63-41(30(7)55(85)86)51(81)67-43-32(9)60-48(78)35-21-28(5)24-69(35)54(84)39(26(2)3)65-50(80)42(31(8)56(87)88)64-37(72)23-59-46(76)34(22-38(73)74)62-53(83)44(45(75)57(89)90)68-47(77)33(18-15-16-20-58)61-49(79)40(29(6)25-70)66-52(43)82/h11-12,14,19,26-35,39-45,70,75H,10,13,15-18,20-25,58H2,1-9H3,(H,59,76)(H,60,78)(H,61,79)(H,62,83)(H,63,71)(H,64,72)(H,65,80)(H,66,82)(H,67,81)(H,68,77)(H,73,74)(H,85,86)(H,87,88)(H,89,90)/b12-11-,19-14+/t27?,28-,29?,30?,31?,32?,33+,34+,35+,39+,40-,41+,42-,43+,44+,45?/m1/s1. The number of unbranched alkanes of at least 4 members (excludes halogenated alkanes) is 1. The lowest BCUT2D eigenvalue weighted by Crippen LogP contribution is -2.66. The molecule has 0 bridgehead atoms. The zero-order valence-corrected chi connectivity index (χ0v) is 51.9. The molecule has 0 aromatic rings. The fourth-order valence-corrected chi connectivity index (χ4v) is 9.44. The molecule has 6 unspecified atom stereocenters. The second-order valence-electron chi connectivity index (χ2n) is 23.2. The summed E-state index contributed by atoms with van der Waals surface area (Å²) in [4.78, 5) is 206. The van der Waals surface area contributed by atoms with Gasteiger partial charge in [0.25, 0.3) is 0 Å². The maximum absolute atomic E-state index is 14.9. The lowest BCUT2D eigenvalue weighted by molar-refractivity contribution is -0.153. The van der Waals surface area contributed by atoms with Crippen molar-refractivity contribution < 1.29 is 103 Å². The van der Waals surface area contributed by atoms with Crippen molar-refractivity contribution in [2.75, 3.05) is 26.2 Å². The van der Waals surface area contributed by atoms with Crippen LogP contribution in [0.3, 0.4) is 0 Å². The van der Waals surface area contributed by atoms with Crippen LogP contribution in [0.15, 0.2) is 24.3 Å². The number of rotatable bonds is 24. The van der Waals surface area contributed by atoms with E-state index in [1.807, 2.05) is 22.9 Å². The van der Waals surface area contributed by atoms with Gasteiger partial charge in [0.1, 0.15) is 54.4 Å². The van der Waals surface area contributed by atoms with Gasteiger partial charge < -0.3 is 94.4 Å². The van der Waals surface area contributed by atoms with Crippen LogP contribution in [0.5, 0.6) is 0 Å². The van der Waals surface area contributed by atoms with E-state index in [2.05, 4.69) is 44.1 Å². The van der Waals surface area contributed by atoms with Crippen LogP contribution in [-0.4, -0.2) is 217 Å². The molecule has 0 aromatic heterocycles. The molecule has 2 heterocycles. The van der Waals surface area contributed by atoms with Crippen LogP contribution in [0, 0.1) is 35.5 Å². The SMILES string of the molecule is CCC(C)CC/C=C\C=C\C(=O)N[C@H](C(=O)N[C@@H]1C(=O)N[C@H](C(C)CO)C(=O)N[C@@H](CCCCN)C(=O)N[C@@H](C(O)C(=O)O)C(=O)N[C@@H](CC(=O)O)C(=O)NCC(=O)N[C@H](C(C)C(=O)O)C(=O)N[C@@H](C(C)C)C(=O)N2C[C@H](C)C[C@H]2C(=O)NC1C)C(C)C(=O)O. The highest BCUT2D eigenvalue weighted by atomic mass is 16.4. The monoisotopic (exact) mass is 1280 g/mol. The molecule has 2 aliphatic heterocycles. The first-order valence-corrected chi connectivity index (χ1v) is 29.6. The first kappa shape index (κ1) is 77.5. The third-order valence-corrected chi connectivity index (χ3v) is 15.4. The van der Waals surface area contributed by atoms with Crippen molar-refractivity contribution in [3.05, 3.63) is 24.3 Å². The Bertz CT molecular complexity index is 2670. The lowest BCUT2D eigenvalue weighted by atomic mass is 9.97. The number of hydrogen-bond donors (Lipinski definition) is 17. The molecule has 33 nitrogen and oxygen atoms in total. The first-order valence-electron chi connectivity index (χ1n) is 29.6. The lowest BCUT2D eigenvalue weighted by Gasteiger charge is -2.34. The predicted molar refractivity (Wildman–Crippen MR) is 316 cm³/mol. The molecule has 2 saturated heterocycles. The Balaban J connectivity index is 2.99. The molecule has 0 spiro atoms. The van der Waals surface area contributed by atoms with E-state index in [0.29, 0.717) is 12.3 Å². The Morgan fingerprint density at radius 1 is 0.689 bits per heavy atom. The van der Waals surface area contributed by atoms with Crippen molar-refractivity contribution in [2.45, 2.75) is 180 Å². The summed E-state index contributed by atoms with van der Waals surface area (Å²) >= 11 is 0. The van der Waals surface area contributed by atoms with E-state index in [9.17, 15) is 103 Å². The largest absolute Gasteiger partial charge is 0.481 e. The number of nitrogens with zero attached hydrogens (tertiary/aromatic N) is 1. The maximum atomic E-state index is 14.9. The number of fused-ring (bicyclic) bond motifs is 1. The molecule has 2 fully saturated rings. The number of carboxylic acid groups (broad SMARTS) is 4. The number of carboxylic acids is 4. The van der Waals surface area contributed by atoms with E-state index in [1.165, 1.54) is 33.8 Å². The van der Waals surface area contributed by atoms with Crippen LogP contribution in [0.2, 0.25) is 0 Å². The zero-order chi connectivity index (χ0) is 68.4. The minimum absolute atomic E-state index is 0.0124. The fraction of sp³-hybridized carbons (Fsp3) is 0.667. The number of aliphatic carboxylic acids is 4. The molecule has 11 amide bonds. The second-order valence-corrected chi connectivity index (χ2v) is 23.2. The quantitative estimate of drug-likeness (QED) is 0.0246. The molecule has 504 valence electrons. The minimum Gasteiger partial charge on any atom is -0.481 e.